The van der Waals surface area contributed by atoms with Crippen LogP contribution in [0, 0.1) is 30.6 Å². The van der Waals surface area contributed by atoms with E-state index in [1.54, 1.807) is 11.1 Å². The van der Waals surface area contributed by atoms with Crippen molar-refractivity contribution in [1.82, 2.24) is 0 Å². The Morgan fingerprint density at radius 1 is 0.426 bits per heavy atom. The molecule has 4 fully saturated rings. The molecule has 0 saturated heterocycles. The smallest absolute Gasteiger partial charge is 0.0543 e. The van der Waals surface area contributed by atoms with Crippen LogP contribution in [0.4, 0.5) is 17.1 Å². The van der Waals surface area contributed by atoms with Gasteiger partial charge in [-0.05, 0) is 171 Å². The Balaban J connectivity index is 1.02. The largest absolute Gasteiger partial charge is 0.310 e. The number of nitrogens with zero attached hydrogens (tertiary/aromatic N) is 1. The third kappa shape index (κ3) is 4.95. The van der Waals surface area contributed by atoms with Gasteiger partial charge in [-0.1, -0.05) is 153 Å². The minimum Gasteiger partial charge on any atom is -0.310 e. The standard InChI is InChI=1S/C60H51N/c1-37-28-51-46(42-26-27-55-52(36-42)48-19-8-10-24-54(48)60(55)43-31-38-30-39(33-43)34-44(60)32-38)20-12-21-49(51)57(29-37)61(45-17-11-16-41(35-45)40-14-5-4-6-15-40)56-25-13-22-50-47-18-7-9-23-53(47)59(2,3)58(50)56/h4-29,35-36,38-39,43-44H,30-34H2,1-3H3. The molecule has 6 aliphatic rings. The predicted molar refractivity (Wildman–Crippen MR) is 255 cm³/mol. The van der Waals surface area contributed by atoms with Crippen LogP contribution in [0.15, 0.2) is 170 Å². The van der Waals surface area contributed by atoms with E-state index in [0.29, 0.717) is 0 Å². The summed E-state index contributed by atoms with van der Waals surface area (Å²) < 4.78 is 0. The van der Waals surface area contributed by atoms with E-state index < -0.39 is 0 Å². The van der Waals surface area contributed by atoms with Crippen LogP contribution in [-0.2, 0) is 10.8 Å². The van der Waals surface area contributed by atoms with Crippen molar-refractivity contribution in [2.24, 2.45) is 23.7 Å². The van der Waals surface area contributed by atoms with Crippen molar-refractivity contribution in [3.8, 4) is 44.5 Å². The van der Waals surface area contributed by atoms with Gasteiger partial charge in [0.15, 0.2) is 0 Å². The average Bonchev–Trinajstić information content (AvgIpc) is 3.71. The molecular formula is C60H51N. The molecule has 61 heavy (non-hydrogen) atoms. The number of hydrogen-bond acceptors (Lipinski definition) is 1. The molecule has 0 atom stereocenters. The zero-order valence-electron chi connectivity index (χ0n) is 35.5. The second-order valence-corrected chi connectivity index (χ2v) is 19.8. The molecule has 0 heterocycles. The molecule has 1 heteroatoms. The Morgan fingerprint density at radius 3 is 1.84 bits per heavy atom. The summed E-state index contributed by atoms with van der Waals surface area (Å²) in [7, 11) is 0. The molecule has 0 unspecified atom stereocenters. The monoisotopic (exact) mass is 785 g/mol. The first kappa shape index (κ1) is 35.6. The normalized spacial score (nSPS) is 23.2. The van der Waals surface area contributed by atoms with Gasteiger partial charge in [-0.3, -0.25) is 0 Å². The van der Waals surface area contributed by atoms with E-state index in [-0.39, 0.29) is 10.8 Å². The molecule has 0 aromatic heterocycles. The average molecular weight is 786 g/mol. The van der Waals surface area contributed by atoms with Crippen molar-refractivity contribution >= 4 is 27.8 Å². The Morgan fingerprint density at radius 2 is 1.05 bits per heavy atom. The van der Waals surface area contributed by atoms with Crippen LogP contribution in [0.1, 0.15) is 73.8 Å². The van der Waals surface area contributed by atoms with Gasteiger partial charge in [-0.15, -0.1) is 0 Å². The molecule has 4 saturated carbocycles. The van der Waals surface area contributed by atoms with Gasteiger partial charge < -0.3 is 4.90 Å². The lowest BCUT2D eigenvalue weighted by Crippen LogP contribution is -2.55. The maximum absolute atomic E-state index is 2.58. The minimum absolute atomic E-state index is 0.179. The number of hydrogen-bond donors (Lipinski definition) is 0. The molecule has 296 valence electrons. The second-order valence-electron chi connectivity index (χ2n) is 19.8. The highest BCUT2D eigenvalue weighted by Crippen LogP contribution is 2.69. The Bertz CT molecular complexity index is 3060. The highest BCUT2D eigenvalue weighted by atomic mass is 15.1. The Labute approximate surface area is 360 Å². The molecule has 1 nitrogen and oxygen atoms in total. The van der Waals surface area contributed by atoms with Crippen LogP contribution in [0.3, 0.4) is 0 Å². The maximum Gasteiger partial charge on any atom is 0.0543 e. The Kier molecular flexibility index (Phi) is 7.53. The maximum atomic E-state index is 2.58. The van der Waals surface area contributed by atoms with E-state index in [1.165, 1.54) is 115 Å². The second kappa shape index (κ2) is 12.9. The van der Waals surface area contributed by atoms with Gasteiger partial charge in [0.05, 0.1) is 11.4 Å². The van der Waals surface area contributed by atoms with Crippen LogP contribution in [-0.4, -0.2) is 0 Å². The first-order valence-corrected chi connectivity index (χ1v) is 22.8. The first-order chi connectivity index (χ1) is 29.9. The fraction of sp³-hybridized carbons (Fsp3) is 0.233. The number of aryl methyl sites for hydroxylation is 1. The van der Waals surface area contributed by atoms with Gasteiger partial charge in [0.2, 0.25) is 0 Å². The predicted octanol–water partition coefficient (Wildman–Crippen LogP) is 16.0. The molecule has 8 aromatic carbocycles. The van der Waals surface area contributed by atoms with Crippen LogP contribution >= 0.6 is 0 Å². The van der Waals surface area contributed by atoms with E-state index in [0.717, 1.165) is 29.4 Å². The quantitative estimate of drug-likeness (QED) is 0.168. The van der Waals surface area contributed by atoms with Crippen LogP contribution < -0.4 is 4.90 Å². The number of benzene rings is 8. The van der Waals surface area contributed by atoms with Gasteiger partial charge in [-0.2, -0.15) is 0 Å². The zero-order valence-corrected chi connectivity index (χ0v) is 35.5. The molecule has 0 N–H and O–H groups in total. The van der Waals surface area contributed by atoms with Crippen molar-refractivity contribution in [2.45, 2.75) is 63.7 Å². The van der Waals surface area contributed by atoms with Crippen molar-refractivity contribution in [3.05, 3.63) is 198 Å². The van der Waals surface area contributed by atoms with Crippen molar-refractivity contribution in [2.75, 3.05) is 4.90 Å². The van der Waals surface area contributed by atoms with Crippen LogP contribution in [0.25, 0.3) is 55.3 Å². The van der Waals surface area contributed by atoms with E-state index >= 15 is 0 Å². The van der Waals surface area contributed by atoms with E-state index in [2.05, 4.69) is 196 Å². The zero-order chi connectivity index (χ0) is 40.6. The molecule has 14 rings (SSSR count). The molecule has 1 spiro atoms. The van der Waals surface area contributed by atoms with Gasteiger partial charge in [0.25, 0.3) is 0 Å². The van der Waals surface area contributed by atoms with Gasteiger partial charge >= 0.3 is 0 Å². The van der Waals surface area contributed by atoms with E-state index in [4.69, 9.17) is 0 Å². The van der Waals surface area contributed by atoms with Gasteiger partial charge in [0, 0.05) is 21.9 Å². The summed E-state index contributed by atoms with van der Waals surface area (Å²) in [5, 5.41) is 2.56. The minimum atomic E-state index is -0.183. The third-order valence-electron chi connectivity index (χ3n) is 16.2. The van der Waals surface area contributed by atoms with Crippen molar-refractivity contribution < 1.29 is 0 Å². The molecule has 0 aliphatic heterocycles. The van der Waals surface area contributed by atoms with Gasteiger partial charge in [0.1, 0.15) is 0 Å². The SMILES string of the molecule is Cc1cc(N(c2cccc(-c3ccccc3)c2)c2cccc3c2C(C)(C)c2ccccc2-3)c2cccc(-c3ccc4c(c3)-c3ccccc3C43C4CC5CC(C4)CC3C5)c2c1. The summed E-state index contributed by atoms with van der Waals surface area (Å²) in [5.41, 5.74) is 21.6. The molecule has 0 amide bonds. The Hall–Kier alpha value is -6.18. The lowest BCUT2D eigenvalue weighted by atomic mass is 9.43. The number of fused-ring (bicyclic) bond motifs is 7. The van der Waals surface area contributed by atoms with Crippen LogP contribution in [0.2, 0.25) is 0 Å². The summed E-state index contributed by atoms with van der Waals surface area (Å²) in [6.45, 7) is 7.10. The van der Waals surface area contributed by atoms with Crippen molar-refractivity contribution in [3.63, 3.8) is 0 Å². The summed E-state index contributed by atoms with van der Waals surface area (Å²) >= 11 is 0. The van der Waals surface area contributed by atoms with Crippen molar-refractivity contribution in [1.29, 1.82) is 0 Å². The lowest BCUT2D eigenvalue weighted by molar-refractivity contribution is -0.0399. The summed E-state index contributed by atoms with van der Waals surface area (Å²) in [6.07, 6.45) is 7.12. The van der Waals surface area contributed by atoms with E-state index in [9.17, 15) is 0 Å². The fourth-order valence-electron chi connectivity index (χ4n) is 14.1. The topological polar surface area (TPSA) is 3.24 Å². The first-order valence-electron chi connectivity index (χ1n) is 22.8. The van der Waals surface area contributed by atoms with E-state index in [1.807, 2.05) is 0 Å². The third-order valence-corrected chi connectivity index (χ3v) is 16.2. The summed E-state index contributed by atoms with van der Waals surface area (Å²) in [5.74, 6) is 3.41. The summed E-state index contributed by atoms with van der Waals surface area (Å²) in [6, 6.07) is 65.0. The molecule has 6 aliphatic carbocycles. The molecule has 0 radical (unpaired) electrons. The molecular weight excluding hydrogens is 735 g/mol. The molecule has 8 aromatic rings. The molecule has 4 bridgehead atoms. The highest BCUT2D eigenvalue weighted by molar-refractivity contribution is 6.07. The number of anilines is 3. The number of rotatable bonds is 5. The van der Waals surface area contributed by atoms with Crippen LogP contribution in [0.5, 0.6) is 0 Å². The van der Waals surface area contributed by atoms with Gasteiger partial charge in [-0.25, -0.2) is 0 Å². The summed E-state index contributed by atoms with van der Waals surface area (Å²) in [4.78, 5) is 2.58. The lowest BCUT2D eigenvalue weighted by Gasteiger charge is -2.61. The highest BCUT2D eigenvalue weighted by Gasteiger charge is 2.61. The fourth-order valence-corrected chi connectivity index (χ4v) is 14.1.